The van der Waals surface area contributed by atoms with Gasteiger partial charge >= 0.3 is 0 Å². The summed E-state index contributed by atoms with van der Waals surface area (Å²) < 4.78 is 0.923. The second kappa shape index (κ2) is 7.84. The number of phenolic OH excluding ortho intramolecular Hbond substituents is 1. The first kappa shape index (κ1) is 15.6. The summed E-state index contributed by atoms with van der Waals surface area (Å²) in [5, 5.41) is 12.4. The number of carbonyl (C=O) groups is 1. The van der Waals surface area contributed by atoms with Crippen LogP contribution in [0.3, 0.4) is 0 Å². The van der Waals surface area contributed by atoms with Gasteiger partial charge in [0.1, 0.15) is 5.75 Å². The molecule has 0 bridgehead atoms. The van der Waals surface area contributed by atoms with Gasteiger partial charge in [0.2, 0.25) is 0 Å². The number of hydrogen-bond donors (Lipinski definition) is 2. The Bertz CT molecular complexity index is 412. The molecule has 0 aromatic heterocycles. The maximum absolute atomic E-state index is 11.8. The highest BCUT2D eigenvalue weighted by molar-refractivity contribution is 14.1. The van der Waals surface area contributed by atoms with E-state index in [0.717, 1.165) is 16.4 Å². The Hall–Kier alpha value is -0.490. The van der Waals surface area contributed by atoms with Crippen LogP contribution in [-0.4, -0.2) is 23.4 Å². The molecule has 1 atom stereocenters. The smallest absolute Gasteiger partial charge is 0.255 e. The first-order valence-electron chi connectivity index (χ1n) is 5.87. The summed E-state index contributed by atoms with van der Waals surface area (Å²) in [6.07, 6.45) is 1.88. The molecular formula is C13H17ClINO2. The van der Waals surface area contributed by atoms with Crippen molar-refractivity contribution in [2.24, 2.45) is 5.92 Å². The number of aromatic hydroxyl groups is 1. The van der Waals surface area contributed by atoms with Crippen molar-refractivity contribution in [3.63, 3.8) is 0 Å². The van der Waals surface area contributed by atoms with Crippen LogP contribution in [0, 0.1) is 9.49 Å². The molecule has 0 spiro atoms. The molecule has 100 valence electrons. The zero-order valence-electron chi connectivity index (χ0n) is 10.2. The van der Waals surface area contributed by atoms with Crippen molar-refractivity contribution in [2.75, 3.05) is 12.4 Å². The second-order valence-electron chi connectivity index (χ2n) is 4.32. The van der Waals surface area contributed by atoms with Gasteiger partial charge in [-0.05, 0) is 59.5 Å². The fourth-order valence-electron chi connectivity index (χ4n) is 1.51. The van der Waals surface area contributed by atoms with E-state index in [1.807, 2.05) is 0 Å². The third-order valence-corrected chi connectivity index (χ3v) is 3.82. The van der Waals surface area contributed by atoms with E-state index in [1.54, 1.807) is 12.1 Å². The monoisotopic (exact) mass is 381 g/mol. The van der Waals surface area contributed by atoms with Gasteiger partial charge in [-0.3, -0.25) is 4.79 Å². The average Bonchev–Trinajstić information content (AvgIpc) is 2.36. The standard InChI is InChI=1S/C13H17ClINO2/c1-9(8-14)3-2-6-16-13(18)11-7-10(15)4-5-12(11)17/h4-5,7,9,17H,2-3,6,8H2,1H3,(H,16,18). The molecule has 1 rings (SSSR count). The first-order chi connectivity index (χ1) is 8.54. The molecule has 1 amide bonds. The van der Waals surface area contributed by atoms with Crippen LogP contribution in [0.25, 0.3) is 0 Å². The van der Waals surface area contributed by atoms with Gasteiger partial charge in [0.25, 0.3) is 5.91 Å². The van der Waals surface area contributed by atoms with Crippen LogP contribution in [-0.2, 0) is 0 Å². The Morgan fingerprint density at radius 1 is 1.56 bits per heavy atom. The molecule has 0 fully saturated rings. The molecule has 0 aliphatic heterocycles. The highest BCUT2D eigenvalue weighted by atomic mass is 127. The van der Waals surface area contributed by atoms with E-state index in [4.69, 9.17) is 11.6 Å². The van der Waals surface area contributed by atoms with Crippen molar-refractivity contribution in [2.45, 2.75) is 19.8 Å². The molecule has 1 unspecified atom stereocenters. The Morgan fingerprint density at radius 2 is 2.28 bits per heavy atom. The van der Waals surface area contributed by atoms with Crippen LogP contribution in [0.4, 0.5) is 0 Å². The normalized spacial score (nSPS) is 12.2. The van der Waals surface area contributed by atoms with E-state index in [-0.39, 0.29) is 11.7 Å². The fraction of sp³-hybridized carbons (Fsp3) is 0.462. The number of alkyl halides is 1. The largest absolute Gasteiger partial charge is 0.507 e. The van der Waals surface area contributed by atoms with Crippen molar-refractivity contribution in [1.29, 1.82) is 0 Å². The van der Waals surface area contributed by atoms with Gasteiger partial charge in [-0.1, -0.05) is 6.92 Å². The number of amides is 1. The lowest BCUT2D eigenvalue weighted by Gasteiger charge is -2.09. The number of benzene rings is 1. The van der Waals surface area contributed by atoms with E-state index in [0.29, 0.717) is 23.9 Å². The molecule has 1 aromatic carbocycles. The Labute approximate surface area is 126 Å². The zero-order chi connectivity index (χ0) is 13.5. The van der Waals surface area contributed by atoms with E-state index in [9.17, 15) is 9.90 Å². The second-order valence-corrected chi connectivity index (χ2v) is 5.87. The third-order valence-electron chi connectivity index (χ3n) is 2.63. The lowest BCUT2D eigenvalue weighted by atomic mass is 10.1. The quantitative estimate of drug-likeness (QED) is 0.451. The topological polar surface area (TPSA) is 49.3 Å². The lowest BCUT2D eigenvalue weighted by Crippen LogP contribution is -2.25. The summed E-state index contributed by atoms with van der Waals surface area (Å²) in [6, 6.07) is 4.97. The van der Waals surface area contributed by atoms with Gasteiger partial charge in [-0.2, -0.15) is 0 Å². The van der Waals surface area contributed by atoms with Crippen LogP contribution in [0.5, 0.6) is 5.75 Å². The van der Waals surface area contributed by atoms with E-state index >= 15 is 0 Å². The number of halogens is 2. The molecular weight excluding hydrogens is 365 g/mol. The van der Waals surface area contributed by atoms with Crippen molar-refractivity contribution in [3.8, 4) is 5.75 Å². The van der Waals surface area contributed by atoms with Crippen LogP contribution < -0.4 is 5.32 Å². The van der Waals surface area contributed by atoms with Gasteiger partial charge in [0, 0.05) is 16.0 Å². The van der Waals surface area contributed by atoms with Crippen LogP contribution in [0.15, 0.2) is 18.2 Å². The first-order valence-corrected chi connectivity index (χ1v) is 7.48. The average molecular weight is 382 g/mol. The predicted octanol–water partition coefficient (Wildman–Crippen LogP) is 3.38. The molecule has 1 aromatic rings. The maximum Gasteiger partial charge on any atom is 0.255 e. The summed E-state index contributed by atoms with van der Waals surface area (Å²) in [6.45, 7) is 2.69. The van der Waals surface area contributed by atoms with E-state index in [1.165, 1.54) is 6.07 Å². The number of nitrogens with one attached hydrogen (secondary N) is 1. The predicted molar refractivity (Wildman–Crippen MR) is 82.3 cm³/mol. The lowest BCUT2D eigenvalue weighted by molar-refractivity contribution is 0.0950. The molecule has 3 nitrogen and oxygen atoms in total. The number of phenols is 1. The Kier molecular flexibility index (Phi) is 6.78. The summed E-state index contributed by atoms with van der Waals surface area (Å²) in [4.78, 5) is 11.8. The number of carbonyl (C=O) groups excluding carboxylic acids is 1. The maximum atomic E-state index is 11.8. The van der Waals surface area contributed by atoms with Crippen LogP contribution in [0.1, 0.15) is 30.1 Å². The van der Waals surface area contributed by atoms with Crippen molar-refractivity contribution in [3.05, 3.63) is 27.3 Å². The molecule has 0 aliphatic carbocycles. The Morgan fingerprint density at radius 3 is 2.94 bits per heavy atom. The SMILES string of the molecule is CC(CCl)CCCNC(=O)c1cc(I)ccc1O. The number of rotatable bonds is 6. The van der Waals surface area contributed by atoms with Gasteiger partial charge in [0.05, 0.1) is 5.56 Å². The third kappa shape index (κ3) is 5.02. The highest BCUT2D eigenvalue weighted by Gasteiger charge is 2.11. The minimum Gasteiger partial charge on any atom is -0.507 e. The Balaban J connectivity index is 2.43. The molecule has 18 heavy (non-hydrogen) atoms. The summed E-state index contributed by atoms with van der Waals surface area (Å²) >= 11 is 7.81. The van der Waals surface area contributed by atoms with Crippen molar-refractivity contribution >= 4 is 40.1 Å². The van der Waals surface area contributed by atoms with Crippen LogP contribution >= 0.6 is 34.2 Å². The van der Waals surface area contributed by atoms with Gasteiger partial charge in [-0.15, -0.1) is 11.6 Å². The summed E-state index contributed by atoms with van der Waals surface area (Å²) in [5.74, 6) is 0.896. The molecule has 0 saturated carbocycles. The van der Waals surface area contributed by atoms with Crippen molar-refractivity contribution in [1.82, 2.24) is 5.32 Å². The van der Waals surface area contributed by atoms with Crippen molar-refractivity contribution < 1.29 is 9.90 Å². The number of hydrogen-bond acceptors (Lipinski definition) is 2. The zero-order valence-corrected chi connectivity index (χ0v) is 13.2. The molecule has 0 radical (unpaired) electrons. The summed E-state index contributed by atoms with van der Waals surface area (Å²) in [7, 11) is 0. The highest BCUT2D eigenvalue weighted by Crippen LogP contribution is 2.19. The summed E-state index contributed by atoms with van der Waals surface area (Å²) in [5.41, 5.74) is 0.326. The van der Waals surface area contributed by atoms with Crippen LogP contribution in [0.2, 0.25) is 0 Å². The molecule has 2 N–H and O–H groups in total. The molecule has 0 heterocycles. The minimum atomic E-state index is -0.232. The van der Waals surface area contributed by atoms with E-state index in [2.05, 4.69) is 34.8 Å². The molecule has 0 saturated heterocycles. The molecule has 5 heteroatoms. The fourth-order valence-corrected chi connectivity index (χ4v) is 2.16. The van der Waals surface area contributed by atoms with Gasteiger partial charge in [-0.25, -0.2) is 0 Å². The van der Waals surface area contributed by atoms with Gasteiger partial charge in [0.15, 0.2) is 0 Å². The minimum absolute atomic E-state index is 0.0158. The van der Waals surface area contributed by atoms with Gasteiger partial charge < -0.3 is 10.4 Å². The molecule has 0 aliphatic rings. The van der Waals surface area contributed by atoms with E-state index < -0.39 is 0 Å².